The van der Waals surface area contributed by atoms with Crippen LogP contribution in [0.15, 0.2) is 47.4 Å². The Morgan fingerprint density at radius 3 is 2.24 bits per heavy atom. The summed E-state index contributed by atoms with van der Waals surface area (Å²) in [6.07, 6.45) is 3.88. The van der Waals surface area contributed by atoms with Gasteiger partial charge in [0.15, 0.2) is 11.6 Å². The summed E-state index contributed by atoms with van der Waals surface area (Å²) in [5.74, 6) is -3.41. The topological polar surface area (TPSA) is 66.5 Å². The Balaban J connectivity index is 1.84. The van der Waals surface area contributed by atoms with Gasteiger partial charge in [-0.3, -0.25) is 4.79 Å². The number of hydrogen-bond donors (Lipinski definition) is 1. The van der Waals surface area contributed by atoms with E-state index in [1.807, 2.05) is 0 Å². The number of carbonyl (C=O) groups excluding carboxylic acids is 1. The molecule has 1 aliphatic carbocycles. The standard InChI is InChI=1S/C20H21F3N2O3S/c21-14-6-9-17(10-7-14)29(27,28)25(16-4-2-1-3-5-16)13-20(26)24-15-8-11-18(22)19(23)12-15/h6-12,16H,1-5,13H2,(H,24,26). The zero-order valence-corrected chi connectivity index (χ0v) is 16.4. The van der Waals surface area contributed by atoms with E-state index >= 15 is 0 Å². The largest absolute Gasteiger partial charge is 0.325 e. The minimum absolute atomic E-state index is 0.0247. The maximum Gasteiger partial charge on any atom is 0.243 e. The van der Waals surface area contributed by atoms with E-state index in [2.05, 4.69) is 5.32 Å². The number of sulfonamides is 1. The number of anilines is 1. The highest BCUT2D eigenvalue weighted by molar-refractivity contribution is 7.89. The summed E-state index contributed by atoms with van der Waals surface area (Å²) in [6, 6.07) is 6.94. The number of nitrogens with one attached hydrogen (secondary N) is 1. The van der Waals surface area contributed by atoms with Crippen LogP contribution < -0.4 is 5.32 Å². The molecule has 29 heavy (non-hydrogen) atoms. The van der Waals surface area contributed by atoms with Crippen LogP contribution in [0.25, 0.3) is 0 Å². The number of benzene rings is 2. The third kappa shape index (κ3) is 5.16. The van der Waals surface area contributed by atoms with Gasteiger partial charge in [-0.25, -0.2) is 21.6 Å². The Kier molecular flexibility index (Phi) is 6.59. The van der Waals surface area contributed by atoms with E-state index in [1.165, 1.54) is 6.07 Å². The van der Waals surface area contributed by atoms with E-state index in [0.717, 1.165) is 60.0 Å². The molecule has 156 valence electrons. The van der Waals surface area contributed by atoms with Crippen molar-refractivity contribution in [3.05, 3.63) is 59.9 Å². The van der Waals surface area contributed by atoms with Crippen molar-refractivity contribution in [3.63, 3.8) is 0 Å². The molecule has 1 N–H and O–H groups in total. The first kappa shape index (κ1) is 21.3. The average molecular weight is 426 g/mol. The summed E-state index contributed by atoms with van der Waals surface area (Å²) in [7, 11) is -4.05. The summed E-state index contributed by atoms with van der Waals surface area (Å²) in [5, 5.41) is 2.40. The first-order valence-corrected chi connectivity index (χ1v) is 10.7. The minimum atomic E-state index is -4.05. The number of amides is 1. The molecule has 9 heteroatoms. The fourth-order valence-corrected chi connectivity index (χ4v) is 5.08. The Bertz CT molecular complexity index is 975. The molecule has 0 aliphatic heterocycles. The van der Waals surface area contributed by atoms with Crippen molar-refractivity contribution in [3.8, 4) is 0 Å². The van der Waals surface area contributed by atoms with Crippen molar-refractivity contribution in [1.82, 2.24) is 4.31 Å². The monoisotopic (exact) mass is 426 g/mol. The number of nitrogens with zero attached hydrogens (tertiary/aromatic N) is 1. The molecule has 1 saturated carbocycles. The quantitative estimate of drug-likeness (QED) is 0.757. The zero-order chi connectivity index (χ0) is 21.0. The van der Waals surface area contributed by atoms with E-state index in [9.17, 15) is 26.4 Å². The Morgan fingerprint density at radius 1 is 0.966 bits per heavy atom. The van der Waals surface area contributed by atoms with Crippen LogP contribution in [-0.4, -0.2) is 31.2 Å². The normalized spacial score (nSPS) is 15.4. The maximum atomic E-state index is 13.4. The van der Waals surface area contributed by atoms with Crippen LogP contribution in [0.3, 0.4) is 0 Å². The molecule has 0 radical (unpaired) electrons. The molecule has 1 aliphatic rings. The van der Waals surface area contributed by atoms with Gasteiger partial charge in [0.2, 0.25) is 15.9 Å². The lowest BCUT2D eigenvalue weighted by Crippen LogP contribution is -2.45. The predicted molar refractivity (Wildman–Crippen MR) is 102 cm³/mol. The van der Waals surface area contributed by atoms with E-state index in [0.29, 0.717) is 12.8 Å². The van der Waals surface area contributed by atoms with Gasteiger partial charge >= 0.3 is 0 Å². The molecule has 3 rings (SSSR count). The lowest BCUT2D eigenvalue weighted by molar-refractivity contribution is -0.116. The second-order valence-electron chi connectivity index (χ2n) is 6.97. The fourth-order valence-electron chi connectivity index (χ4n) is 3.44. The molecule has 1 amide bonds. The van der Waals surface area contributed by atoms with Crippen molar-refractivity contribution in [2.75, 3.05) is 11.9 Å². The van der Waals surface area contributed by atoms with Gasteiger partial charge in [0.1, 0.15) is 5.82 Å². The van der Waals surface area contributed by atoms with Gasteiger partial charge in [0, 0.05) is 17.8 Å². The molecule has 0 unspecified atom stereocenters. The molecular weight excluding hydrogens is 405 g/mol. The zero-order valence-electron chi connectivity index (χ0n) is 15.6. The van der Waals surface area contributed by atoms with Gasteiger partial charge in [-0.2, -0.15) is 4.31 Å². The summed E-state index contributed by atoms with van der Waals surface area (Å²) >= 11 is 0. The molecule has 0 atom stereocenters. The number of rotatable bonds is 6. The minimum Gasteiger partial charge on any atom is -0.325 e. The van der Waals surface area contributed by atoms with Gasteiger partial charge < -0.3 is 5.32 Å². The van der Waals surface area contributed by atoms with E-state index in [-0.39, 0.29) is 16.6 Å². The third-order valence-electron chi connectivity index (χ3n) is 4.90. The van der Waals surface area contributed by atoms with Crippen molar-refractivity contribution in [1.29, 1.82) is 0 Å². The van der Waals surface area contributed by atoms with Crippen LogP contribution in [0, 0.1) is 17.5 Å². The lowest BCUT2D eigenvalue weighted by atomic mass is 9.95. The van der Waals surface area contributed by atoms with Crippen LogP contribution in [-0.2, 0) is 14.8 Å². The van der Waals surface area contributed by atoms with E-state index < -0.39 is 39.9 Å². The van der Waals surface area contributed by atoms with Gasteiger partial charge in [-0.15, -0.1) is 0 Å². The van der Waals surface area contributed by atoms with Gasteiger partial charge in [-0.1, -0.05) is 19.3 Å². The van der Waals surface area contributed by atoms with Crippen molar-refractivity contribution >= 4 is 21.6 Å². The van der Waals surface area contributed by atoms with Crippen molar-refractivity contribution in [2.24, 2.45) is 0 Å². The van der Waals surface area contributed by atoms with Crippen LogP contribution in [0.4, 0.5) is 18.9 Å². The number of hydrogen-bond acceptors (Lipinski definition) is 3. The molecule has 2 aromatic carbocycles. The summed E-state index contributed by atoms with van der Waals surface area (Å²) in [5.41, 5.74) is 0.0247. The summed E-state index contributed by atoms with van der Waals surface area (Å²) < 4.78 is 67.0. The molecule has 0 heterocycles. The molecule has 2 aromatic rings. The predicted octanol–water partition coefficient (Wildman–Crippen LogP) is 4.07. The maximum absolute atomic E-state index is 13.4. The third-order valence-corrected chi connectivity index (χ3v) is 6.82. The Morgan fingerprint density at radius 2 is 1.62 bits per heavy atom. The highest BCUT2D eigenvalue weighted by Gasteiger charge is 2.34. The van der Waals surface area contributed by atoms with E-state index in [1.54, 1.807) is 0 Å². The second kappa shape index (κ2) is 8.96. The van der Waals surface area contributed by atoms with Crippen LogP contribution in [0.2, 0.25) is 0 Å². The molecular formula is C20H21F3N2O3S. The number of halogens is 3. The van der Waals surface area contributed by atoms with Gasteiger partial charge in [-0.05, 0) is 49.2 Å². The first-order chi connectivity index (χ1) is 13.8. The Labute approximate surface area is 167 Å². The molecule has 1 fully saturated rings. The summed E-state index contributed by atoms with van der Waals surface area (Å²) in [6.45, 7) is -0.483. The van der Waals surface area contributed by atoms with Crippen LogP contribution in [0.5, 0.6) is 0 Å². The van der Waals surface area contributed by atoms with Crippen molar-refractivity contribution < 1.29 is 26.4 Å². The fraction of sp³-hybridized carbons (Fsp3) is 0.350. The van der Waals surface area contributed by atoms with Crippen LogP contribution in [0.1, 0.15) is 32.1 Å². The van der Waals surface area contributed by atoms with Crippen molar-refractivity contribution in [2.45, 2.75) is 43.0 Å². The second-order valence-corrected chi connectivity index (χ2v) is 8.86. The van der Waals surface area contributed by atoms with Gasteiger partial charge in [0.05, 0.1) is 11.4 Å². The summed E-state index contributed by atoms with van der Waals surface area (Å²) in [4.78, 5) is 12.4. The smallest absolute Gasteiger partial charge is 0.243 e. The highest BCUT2D eigenvalue weighted by Crippen LogP contribution is 2.28. The SMILES string of the molecule is O=C(CN(C1CCCCC1)S(=O)(=O)c1ccc(F)cc1)Nc1ccc(F)c(F)c1. The lowest BCUT2D eigenvalue weighted by Gasteiger charge is -2.33. The first-order valence-electron chi connectivity index (χ1n) is 9.29. The highest BCUT2D eigenvalue weighted by atomic mass is 32.2. The molecule has 5 nitrogen and oxygen atoms in total. The molecule has 0 spiro atoms. The van der Waals surface area contributed by atoms with Gasteiger partial charge in [0.25, 0.3) is 0 Å². The molecule has 0 saturated heterocycles. The molecule has 0 aromatic heterocycles. The Hall–Kier alpha value is -2.39. The average Bonchev–Trinajstić information content (AvgIpc) is 2.70. The van der Waals surface area contributed by atoms with Crippen LogP contribution >= 0.6 is 0 Å². The van der Waals surface area contributed by atoms with E-state index in [4.69, 9.17) is 0 Å². The number of carbonyl (C=O) groups is 1. The molecule has 0 bridgehead atoms.